The second-order valence-corrected chi connectivity index (χ2v) is 9.46. The summed E-state index contributed by atoms with van der Waals surface area (Å²) in [6.45, 7) is 3.79. The summed E-state index contributed by atoms with van der Waals surface area (Å²) in [7, 11) is -2.14. The van der Waals surface area contributed by atoms with Crippen LogP contribution in [-0.2, 0) is 24.3 Å². The summed E-state index contributed by atoms with van der Waals surface area (Å²) in [6, 6.07) is 0.451. The van der Waals surface area contributed by atoms with Gasteiger partial charge in [0.15, 0.2) is 9.92 Å². The molecule has 0 bridgehead atoms. The Hall–Kier alpha value is -1.49. The Balaban J connectivity index is 3.10. The van der Waals surface area contributed by atoms with Crippen LogP contribution in [0.25, 0.3) is 0 Å². The van der Waals surface area contributed by atoms with E-state index in [4.69, 9.17) is 17.3 Å². The molecule has 0 saturated heterocycles. The number of nitrogens with two attached hydrogens (primary N) is 1. The Morgan fingerprint density at radius 2 is 1.92 bits per heavy atom. The molecule has 1 aromatic rings. The van der Waals surface area contributed by atoms with Crippen molar-refractivity contribution < 1.29 is 18.6 Å². The molecule has 1 aromatic heterocycles. The van der Waals surface area contributed by atoms with Crippen molar-refractivity contribution >= 4 is 50.6 Å². The Labute approximate surface area is 162 Å². The highest BCUT2D eigenvalue weighted by Gasteiger charge is 2.23. The first-order chi connectivity index (χ1) is 12.1. The van der Waals surface area contributed by atoms with Gasteiger partial charge < -0.3 is 11.1 Å². The van der Waals surface area contributed by atoms with Crippen molar-refractivity contribution in [1.82, 2.24) is 10.0 Å². The minimum atomic E-state index is -3.58. The summed E-state index contributed by atoms with van der Waals surface area (Å²) in [5, 5.41) is 4.21. The Kier molecular flexibility index (Phi) is 8.68. The van der Waals surface area contributed by atoms with Gasteiger partial charge >= 0.3 is 0 Å². The molecule has 0 saturated carbocycles. The fourth-order valence-electron chi connectivity index (χ4n) is 1.92. The van der Waals surface area contributed by atoms with Gasteiger partial charge in [0.1, 0.15) is 4.21 Å². The molecule has 3 amide bonds. The van der Waals surface area contributed by atoms with Crippen LogP contribution >= 0.6 is 22.9 Å². The molecule has 146 valence electrons. The molecule has 0 spiro atoms. The molecule has 26 heavy (non-hydrogen) atoms. The summed E-state index contributed by atoms with van der Waals surface area (Å²) in [6.07, 6.45) is 0.0923. The van der Waals surface area contributed by atoms with Crippen LogP contribution in [0.3, 0.4) is 0 Å². The van der Waals surface area contributed by atoms with Crippen LogP contribution in [0.15, 0.2) is 20.0 Å². The van der Waals surface area contributed by atoms with Crippen molar-refractivity contribution in [3.05, 3.63) is 16.5 Å². The van der Waals surface area contributed by atoms with Gasteiger partial charge in [-0.2, -0.15) is 0 Å². The molecule has 1 rings (SSSR count). The fourth-order valence-corrected chi connectivity index (χ4v) is 5.01. The van der Waals surface area contributed by atoms with E-state index in [1.807, 2.05) is 13.8 Å². The number of rotatable bonds is 8. The average Bonchev–Trinajstić information content (AvgIpc) is 2.99. The second kappa shape index (κ2) is 10.0. The second-order valence-electron chi connectivity index (χ2n) is 5.97. The zero-order valence-electron chi connectivity index (χ0n) is 14.8. The molecular formula is C15H23ClN4O4S2. The maximum absolute atomic E-state index is 13.2. The van der Waals surface area contributed by atoms with Gasteiger partial charge in [0.2, 0.25) is 11.8 Å². The van der Waals surface area contributed by atoms with Crippen LogP contribution in [-0.4, -0.2) is 35.0 Å². The van der Waals surface area contributed by atoms with Crippen LogP contribution < -0.4 is 15.8 Å². The van der Waals surface area contributed by atoms with Gasteiger partial charge in [-0.05, 0) is 18.4 Å². The maximum atomic E-state index is 13.2. The summed E-state index contributed by atoms with van der Waals surface area (Å²) < 4.78 is 19.3. The number of halogens is 1. The third kappa shape index (κ3) is 7.02. The van der Waals surface area contributed by atoms with E-state index in [1.165, 1.54) is 18.5 Å². The highest BCUT2D eigenvalue weighted by atomic mass is 35.5. The average molecular weight is 423 g/mol. The maximum Gasteiger partial charge on any atom is 0.272 e. The first kappa shape index (κ1) is 22.6. The molecule has 0 aromatic carbocycles. The molecule has 0 aliphatic heterocycles. The van der Waals surface area contributed by atoms with Gasteiger partial charge in [0.05, 0.1) is 11.1 Å². The Morgan fingerprint density at radius 1 is 1.31 bits per heavy atom. The van der Waals surface area contributed by atoms with Crippen LogP contribution in [0, 0.1) is 5.92 Å². The highest BCUT2D eigenvalue weighted by molar-refractivity contribution is 7.94. The molecule has 0 radical (unpaired) electrons. The fraction of sp³-hybridized carbons (Fsp3) is 0.533. The number of carbonyl (C=O) groups is 3. The minimum absolute atomic E-state index is 0.0795. The number of nitrogens with one attached hydrogen (secondary N) is 2. The van der Waals surface area contributed by atoms with Crippen molar-refractivity contribution in [3.8, 4) is 0 Å². The molecule has 8 nitrogen and oxygen atoms in total. The number of hydrogen-bond acceptors (Lipinski definition) is 6. The van der Waals surface area contributed by atoms with Crippen molar-refractivity contribution in [1.29, 1.82) is 0 Å². The van der Waals surface area contributed by atoms with Gasteiger partial charge in [-0.25, -0.2) is 4.21 Å². The predicted octanol–water partition coefficient (Wildman–Crippen LogP) is 1.69. The van der Waals surface area contributed by atoms with E-state index in [1.54, 1.807) is 0 Å². The quantitative estimate of drug-likeness (QED) is 0.586. The van der Waals surface area contributed by atoms with E-state index in [9.17, 15) is 18.6 Å². The van der Waals surface area contributed by atoms with E-state index in [0.717, 1.165) is 11.3 Å². The van der Waals surface area contributed by atoms with Gasteiger partial charge in [-0.15, -0.1) is 15.7 Å². The van der Waals surface area contributed by atoms with Crippen molar-refractivity contribution in [2.24, 2.45) is 16.0 Å². The van der Waals surface area contributed by atoms with Crippen LogP contribution in [0.5, 0.6) is 0 Å². The van der Waals surface area contributed by atoms with Crippen molar-refractivity contribution in [2.45, 2.75) is 43.4 Å². The lowest BCUT2D eigenvalue weighted by Crippen LogP contribution is -2.35. The van der Waals surface area contributed by atoms with E-state index in [2.05, 4.69) is 14.4 Å². The van der Waals surface area contributed by atoms with Gasteiger partial charge in [0, 0.05) is 25.3 Å². The number of nitrogens with zero attached hydrogens (tertiary/aromatic N) is 1. The van der Waals surface area contributed by atoms with Crippen LogP contribution in [0.1, 0.15) is 33.1 Å². The molecule has 0 fully saturated rings. The lowest BCUT2D eigenvalue weighted by Gasteiger charge is -2.13. The van der Waals surface area contributed by atoms with Gasteiger partial charge in [-0.3, -0.25) is 19.1 Å². The van der Waals surface area contributed by atoms with E-state index >= 15 is 0 Å². The topological polar surface area (TPSA) is 131 Å². The number of thiophene rings is 1. The zero-order chi connectivity index (χ0) is 19.9. The van der Waals surface area contributed by atoms with Gasteiger partial charge in [0.25, 0.3) is 5.91 Å². The summed E-state index contributed by atoms with van der Waals surface area (Å²) in [5.41, 5.74) is 5.80. The Bertz CT molecular complexity index is 784. The molecule has 11 heteroatoms. The number of amides is 3. The standard InChI is InChI=1S/C15H23ClN4O4S2/c1-9(2)6-11(17)15(23)20-26(24,14-7-10(16)8-25-14)19-13(22)5-4-12(21)18-3/h7-9,11H,4-6,17H2,1-3H3,(H,18,21)(H,19,20,22,23,24)/t11-,26?/m0/s1. The van der Waals surface area contributed by atoms with Crippen LogP contribution in [0.4, 0.5) is 0 Å². The van der Waals surface area contributed by atoms with E-state index in [-0.39, 0.29) is 28.9 Å². The molecule has 1 heterocycles. The van der Waals surface area contributed by atoms with Gasteiger partial charge in [-0.1, -0.05) is 25.4 Å². The minimum Gasteiger partial charge on any atom is -0.359 e. The van der Waals surface area contributed by atoms with E-state index in [0.29, 0.717) is 11.4 Å². The number of carbonyl (C=O) groups excluding carboxylic acids is 3. The molecule has 1 unspecified atom stereocenters. The normalized spacial score (nSPS) is 14.4. The zero-order valence-corrected chi connectivity index (χ0v) is 17.2. The molecule has 0 aliphatic carbocycles. The third-order valence-corrected chi connectivity index (χ3v) is 6.83. The summed E-state index contributed by atoms with van der Waals surface area (Å²) in [4.78, 5) is 35.6. The summed E-state index contributed by atoms with van der Waals surface area (Å²) >= 11 is 6.87. The molecule has 0 aliphatic rings. The smallest absolute Gasteiger partial charge is 0.272 e. The Morgan fingerprint density at radius 3 is 2.42 bits per heavy atom. The third-order valence-electron chi connectivity index (χ3n) is 3.19. The molecular weight excluding hydrogens is 400 g/mol. The lowest BCUT2D eigenvalue weighted by molar-refractivity contribution is -0.125. The largest absolute Gasteiger partial charge is 0.359 e. The van der Waals surface area contributed by atoms with E-state index < -0.39 is 27.8 Å². The first-order valence-corrected chi connectivity index (χ1v) is 10.7. The highest BCUT2D eigenvalue weighted by Crippen LogP contribution is 2.25. The van der Waals surface area contributed by atoms with Crippen molar-refractivity contribution in [2.75, 3.05) is 7.05 Å². The molecule has 2 atom stereocenters. The monoisotopic (exact) mass is 422 g/mol. The number of hydrogen-bond donors (Lipinski definition) is 3. The van der Waals surface area contributed by atoms with Crippen LogP contribution in [0.2, 0.25) is 5.02 Å². The SMILES string of the molecule is CNC(=O)CCC(=O)NS(=O)(=NC(=O)[C@@H](N)CC(C)C)c1cc(Cl)cs1. The predicted molar refractivity (Wildman–Crippen MR) is 102 cm³/mol. The first-order valence-electron chi connectivity index (χ1n) is 7.89. The summed E-state index contributed by atoms with van der Waals surface area (Å²) in [5.74, 6) is -1.62. The molecule has 4 N–H and O–H groups in total. The lowest BCUT2D eigenvalue weighted by atomic mass is 10.0. The van der Waals surface area contributed by atoms with Crippen molar-refractivity contribution in [3.63, 3.8) is 0 Å².